The molecule has 1 N–H and O–H groups in total. The Bertz CT molecular complexity index is 454. The van der Waals surface area contributed by atoms with Crippen LogP contribution in [0.25, 0.3) is 0 Å². The summed E-state index contributed by atoms with van der Waals surface area (Å²) in [6.07, 6.45) is 1.35. The number of benzene rings is 1. The average Bonchev–Trinajstić information content (AvgIpc) is 2.46. The molecule has 0 aromatic heterocycles. The number of hydrogen-bond acceptors (Lipinski definition) is 3. The quantitative estimate of drug-likeness (QED) is 0.835. The number of amides is 1. The minimum atomic E-state index is 0.246. The zero-order valence-electron chi connectivity index (χ0n) is 12.4. The summed E-state index contributed by atoms with van der Waals surface area (Å²) in [4.78, 5) is 13.9. The highest BCUT2D eigenvalue weighted by atomic mass is 16.5. The molecule has 0 atom stereocenters. The van der Waals surface area contributed by atoms with Gasteiger partial charge in [-0.25, -0.2) is 0 Å². The van der Waals surface area contributed by atoms with Gasteiger partial charge in [0.2, 0.25) is 5.91 Å². The Balaban J connectivity index is 1.69. The SMILES string of the molecule is Cc1ccc(OCCCC(=O)N2CCNCC2)c(C)c1. The molecule has 1 saturated heterocycles. The van der Waals surface area contributed by atoms with Crippen molar-refractivity contribution in [1.82, 2.24) is 10.2 Å². The highest BCUT2D eigenvalue weighted by Crippen LogP contribution is 2.18. The first-order chi connectivity index (χ1) is 9.66. The van der Waals surface area contributed by atoms with Gasteiger partial charge in [-0.15, -0.1) is 0 Å². The van der Waals surface area contributed by atoms with Crippen molar-refractivity contribution >= 4 is 5.91 Å². The van der Waals surface area contributed by atoms with E-state index in [1.165, 1.54) is 5.56 Å². The minimum Gasteiger partial charge on any atom is -0.493 e. The minimum absolute atomic E-state index is 0.246. The number of aryl methyl sites for hydroxylation is 2. The van der Waals surface area contributed by atoms with Crippen LogP contribution in [0.1, 0.15) is 24.0 Å². The Morgan fingerprint density at radius 3 is 2.75 bits per heavy atom. The van der Waals surface area contributed by atoms with Gasteiger partial charge in [-0.3, -0.25) is 4.79 Å². The first-order valence-electron chi connectivity index (χ1n) is 7.35. The molecule has 1 heterocycles. The molecular weight excluding hydrogens is 252 g/mol. The molecule has 0 aliphatic carbocycles. The summed E-state index contributed by atoms with van der Waals surface area (Å²) >= 11 is 0. The molecule has 1 amide bonds. The molecule has 20 heavy (non-hydrogen) atoms. The maximum atomic E-state index is 12.0. The van der Waals surface area contributed by atoms with Gasteiger partial charge in [-0.05, 0) is 31.9 Å². The van der Waals surface area contributed by atoms with Crippen molar-refractivity contribution in [2.24, 2.45) is 0 Å². The molecule has 110 valence electrons. The van der Waals surface area contributed by atoms with Crippen LogP contribution in [0.15, 0.2) is 18.2 Å². The normalized spacial score (nSPS) is 15.2. The second-order valence-electron chi connectivity index (χ2n) is 5.35. The zero-order valence-corrected chi connectivity index (χ0v) is 12.4. The van der Waals surface area contributed by atoms with E-state index in [4.69, 9.17) is 4.74 Å². The molecule has 4 heteroatoms. The molecule has 1 aliphatic rings. The maximum absolute atomic E-state index is 12.0. The molecule has 1 aromatic carbocycles. The largest absolute Gasteiger partial charge is 0.493 e. The fourth-order valence-corrected chi connectivity index (χ4v) is 2.44. The number of piperazine rings is 1. The number of rotatable bonds is 5. The molecule has 4 nitrogen and oxygen atoms in total. The van der Waals surface area contributed by atoms with Crippen LogP contribution in [-0.4, -0.2) is 43.6 Å². The molecule has 1 aliphatic heterocycles. The van der Waals surface area contributed by atoms with Crippen LogP contribution in [0.4, 0.5) is 0 Å². The molecular formula is C16H24N2O2. The number of nitrogens with zero attached hydrogens (tertiary/aromatic N) is 1. The van der Waals surface area contributed by atoms with Gasteiger partial charge in [0.05, 0.1) is 6.61 Å². The van der Waals surface area contributed by atoms with E-state index in [-0.39, 0.29) is 5.91 Å². The van der Waals surface area contributed by atoms with Crippen molar-refractivity contribution in [3.05, 3.63) is 29.3 Å². The standard InChI is InChI=1S/C16H24N2O2/c1-13-5-6-15(14(2)12-13)20-11-3-4-16(19)18-9-7-17-8-10-18/h5-6,12,17H,3-4,7-11H2,1-2H3. The lowest BCUT2D eigenvalue weighted by Gasteiger charge is -2.27. The van der Waals surface area contributed by atoms with Crippen LogP contribution in [-0.2, 0) is 4.79 Å². The summed E-state index contributed by atoms with van der Waals surface area (Å²) in [5, 5.41) is 3.25. The number of nitrogens with one attached hydrogen (secondary N) is 1. The maximum Gasteiger partial charge on any atom is 0.222 e. The second kappa shape index (κ2) is 7.29. The van der Waals surface area contributed by atoms with Crippen LogP contribution < -0.4 is 10.1 Å². The smallest absolute Gasteiger partial charge is 0.222 e. The fraction of sp³-hybridized carbons (Fsp3) is 0.562. The third-order valence-corrected chi connectivity index (χ3v) is 3.59. The van der Waals surface area contributed by atoms with Crippen LogP contribution in [0, 0.1) is 13.8 Å². The highest BCUT2D eigenvalue weighted by Gasteiger charge is 2.15. The van der Waals surface area contributed by atoms with Crippen LogP contribution in [0.2, 0.25) is 0 Å². The highest BCUT2D eigenvalue weighted by molar-refractivity contribution is 5.76. The predicted molar refractivity (Wildman–Crippen MR) is 80.1 cm³/mol. The van der Waals surface area contributed by atoms with Crippen molar-refractivity contribution in [2.75, 3.05) is 32.8 Å². The molecule has 1 fully saturated rings. The summed E-state index contributed by atoms with van der Waals surface area (Å²) in [5.41, 5.74) is 2.39. The lowest BCUT2D eigenvalue weighted by Crippen LogP contribution is -2.46. The van der Waals surface area contributed by atoms with Crippen LogP contribution in [0.5, 0.6) is 5.75 Å². The Kier molecular flexibility index (Phi) is 5.41. The molecule has 0 unspecified atom stereocenters. The monoisotopic (exact) mass is 276 g/mol. The van der Waals surface area contributed by atoms with E-state index in [9.17, 15) is 4.79 Å². The third kappa shape index (κ3) is 4.23. The van der Waals surface area contributed by atoms with Gasteiger partial charge in [-0.2, -0.15) is 0 Å². The summed E-state index contributed by atoms with van der Waals surface area (Å²) in [6.45, 7) is 8.20. The Hall–Kier alpha value is -1.55. The molecule has 0 spiro atoms. The van der Waals surface area contributed by atoms with Gasteiger partial charge < -0.3 is 15.0 Å². The van der Waals surface area contributed by atoms with E-state index in [0.717, 1.165) is 43.9 Å². The zero-order chi connectivity index (χ0) is 14.4. The number of ether oxygens (including phenoxy) is 1. The lowest BCUT2D eigenvalue weighted by molar-refractivity contribution is -0.132. The van der Waals surface area contributed by atoms with Gasteiger partial charge in [0.25, 0.3) is 0 Å². The van der Waals surface area contributed by atoms with E-state index in [2.05, 4.69) is 18.3 Å². The summed E-state index contributed by atoms with van der Waals surface area (Å²) in [5.74, 6) is 1.17. The first-order valence-corrected chi connectivity index (χ1v) is 7.35. The number of carbonyl (C=O) groups is 1. The van der Waals surface area contributed by atoms with Gasteiger partial charge in [0.15, 0.2) is 0 Å². The van der Waals surface area contributed by atoms with Crippen molar-refractivity contribution in [1.29, 1.82) is 0 Å². The third-order valence-electron chi connectivity index (χ3n) is 3.59. The van der Waals surface area contributed by atoms with Gasteiger partial charge >= 0.3 is 0 Å². The van der Waals surface area contributed by atoms with Gasteiger partial charge in [0, 0.05) is 32.6 Å². The van der Waals surface area contributed by atoms with Crippen molar-refractivity contribution in [3.63, 3.8) is 0 Å². The van der Waals surface area contributed by atoms with E-state index < -0.39 is 0 Å². The van der Waals surface area contributed by atoms with E-state index >= 15 is 0 Å². The van der Waals surface area contributed by atoms with Crippen molar-refractivity contribution < 1.29 is 9.53 Å². The Morgan fingerprint density at radius 2 is 2.05 bits per heavy atom. The van der Waals surface area contributed by atoms with E-state index in [1.807, 2.05) is 24.0 Å². The predicted octanol–water partition coefficient (Wildman–Crippen LogP) is 1.89. The Labute approximate surface area is 121 Å². The van der Waals surface area contributed by atoms with Gasteiger partial charge in [0.1, 0.15) is 5.75 Å². The van der Waals surface area contributed by atoms with Gasteiger partial charge in [-0.1, -0.05) is 17.7 Å². The summed E-state index contributed by atoms with van der Waals surface area (Å²) < 4.78 is 5.75. The van der Waals surface area contributed by atoms with Crippen LogP contribution in [0.3, 0.4) is 0 Å². The molecule has 0 radical (unpaired) electrons. The lowest BCUT2D eigenvalue weighted by atomic mass is 10.1. The first kappa shape index (κ1) is 14.9. The molecule has 0 saturated carbocycles. The summed E-state index contributed by atoms with van der Waals surface area (Å²) in [7, 11) is 0. The second-order valence-corrected chi connectivity index (χ2v) is 5.35. The number of hydrogen-bond donors (Lipinski definition) is 1. The molecule has 2 rings (SSSR count). The topological polar surface area (TPSA) is 41.6 Å². The van der Waals surface area contributed by atoms with E-state index in [1.54, 1.807) is 0 Å². The van der Waals surface area contributed by atoms with Crippen molar-refractivity contribution in [3.8, 4) is 5.75 Å². The molecule has 1 aromatic rings. The van der Waals surface area contributed by atoms with E-state index in [0.29, 0.717) is 13.0 Å². The Morgan fingerprint density at radius 1 is 1.30 bits per heavy atom. The number of carbonyl (C=O) groups excluding carboxylic acids is 1. The average molecular weight is 276 g/mol. The summed E-state index contributed by atoms with van der Waals surface area (Å²) in [6, 6.07) is 6.16. The fourth-order valence-electron chi connectivity index (χ4n) is 2.44. The van der Waals surface area contributed by atoms with Crippen molar-refractivity contribution in [2.45, 2.75) is 26.7 Å². The molecule has 0 bridgehead atoms. The van der Waals surface area contributed by atoms with Crippen LogP contribution >= 0.6 is 0 Å².